The second kappa shape index (κ2) is 10.8. The zero-order chi connectivity index (χ0) is 23.3. The first-order valence-corrected chi connectivity index (χ1v) is 13.1. The molecule has 0 heterocycles. The number of halogens is 3. The molecule has 0 bridgehead atoms. The Balaban J connectivity index is 1.58. The number of benzene rings is 3. The predicted molar refractivity (Wildman–Crippen MR) is 135 cm³/mol. The van der Waals surface area contributed by atoms with E-state index in [4.69, 9.17) is 34.8 Å². The lowest BCUT2D eigenvalue weighted by atomic mass is 10.2. The predicted octanol–water partition coefficient (Wildman–Crippen LogP) is 6.63. The lowest BCUT2D eigenvalue weighted by Gasteiger charge is -2.12. The fraction of sp³-hybridized carbons (Fsp3) is 0.136. The number of carbonyl (C=O) groups excluding carboxylic acids is 1. The fourth-order valence-corrected chi connectivity index (χ4v) is 5.60. The van der Waals surface area contributed by atoms with Crippen LogP contribution in [0.15, 0.2) is 65.6 Å². The molecule has 32 heavy (non-hydrogen) atoms. The van der Waals surface area contributed by atoms with Crippen molar-refractivity contribution in [2.45, 2.75) is 17.6 Å². The molecule has 0 saturated heterocycles. The third kappa shape index (κ3) is 6.56. The quantitative estimate of drug-likeness (QED) is 0.343. The van der Waals surface area contributed by atoms with Gasteiger partial charge in [-0.2, -0.15) is 0 Å². The van der Waals surface area contributed by atoms with Crippen LogP contribution in [0.25, 0.3) is 0 Å². The largest absolute Gasteiger partial charge is 0.325 e. The molecule has 3 aromatic rings. The van der Waals surface area contributed by atoms with Gasteiger partial charge in [0.15, 0.2) is 0 Å². The number of anilines is 2. The number of sulfonamides is 1. The number of amides is 1. The second-order valence-electron chi connectivity index (χ2n) is 6.83. The van der Waals surface area contributed by atoms with Crippen molar-refractivity contribution in [3.63, 3.8) is 0 Å². The molecule has 0 atom stereocenters. The van der Waals surface area contributed by atoms with Crippen LogP contribution in [0.5, 0.6) is 0 Å². The van der Waals surface area contributed by atoms with Gasteiger partial charge in [-0.25, -0.2) is 8.42 Å². The van der Waals surface area contributed by atoms with Gasteiger partial charge in [-0.05, 0) is 66.6 Å². The number of aryl methyl sites for hydroxylation is 1. The topological polar surface area (TPSA) is 75.3 Å². The first-order valence-electron chi connectivity index (χ1n) is 9.35. The molecule has 5 nitrogen and oxygen atoms in total. The lowest BCUT2D eigenvalue weighted by molar-refractivity contribution is -0.113. The highest BCUT2D eigenvalue weighted by Crippen LogP contribution is 2.28. The van der Waals surface area contributed by atoms with E-state index < -0.39 is 10.0 Å². The van der Waals surface area contributed by atoms with Gasteiger partial charge < -0.3 is 5.32 Å². The van der Waals surface area contributed by atoms with Crippen LogP contribution < -0.4 is 10.0 Å². The van der Waals surface area contributed by atoms with Gasteiger partial charge in [-0.1, -0.05) is 46.9 Å². The molecule has 0 unspecified atom stereocenters. The summed E-state index contributed by atoms with van der Waals surface area (Å²) in [6.07, 6.45) is 0. The number of thioether (sulfide) groups is 1. The first-order chi connectivity index (χ1) is 15.2. The van der Waals surface area contributed by atoms with Gasteiger partial charge in [0.25, 0.3) is 10.0 Å². The number of carbonyl (C=O) groups is 1. The number of nitrogens with one attached hydrogen (secondary N) is 2. The van der Waals surface area contributed by atoms with Gasteiger partial charge in [-0.3, -0.25) is 9.52 Å². The highest BCUT2D eigenvalue weighted by Gasteiger charge is 2.16. The molecule has 0 aromatic heterocycles. The van der Waals surface area contributed by atoms with E-state index in [-0.39, 0.29) is 16.6 Å². The van der Waals surface area contributed by atoms with Crippen molar-refractivity contribution in [3.05, 3.63) is 86.9 Å². The Morgan fingerprint density at radius 1 is 0.969 bits per heavy atom. The molecule has 0 radical (unpaired) electrons. The van der Waals surface area contributed by atoms with Crippen molar-refractivity contribution in [1.82, 2.24) is 0 Å². The smallest absolute Gasteiger partial charge is 0.261 e. The van der Waals surface area contributed by atoms with Crippen LogP contribution in [-0.2, 0) is 20.6 Å². The Labute approximate surface area is 206 Å². The van der Waals surface area contributed by atoms with E-state index in [0.29, 0.717) is 32.2 Å². The van der Waals surface area contributed by atoms with Gasteiger partial charge in [-0.15, -0.1) is 11.8 Å². The third-order valence-corrected chi connectivity index (χ3v) is 7.72. The summed E-state index contributed by atoms with van der Waals surface area (Å²) in [6, 6.07) is 16.2. The summed E-state index contributed by atoms with van der Waals surface area (Å²) in [7, 11) is -3.80. The van der Waals surface area contributed by atoms with Crippen LogP contribution in [0.4, 0.5) is 11.4 Å². The average molecular weight is 530 g/mol. The lowest BCUT2D eigenvalue weighted by Crippen LogP contribution is -2.15. The molecule has 10 heteroatoms. The first kappa shape index (κ1) is 24.7. The highest BCUT2D eigenvalue weighted by atomic mass is 35.5. The number of hydrogen-bond donors (Lipinski definition) is 2. The van der Waals surface area contributed by atoms with E-state index in [2.05, 4.69) is 10.0 Å². The van der Waals surface area contributed by atoms with E-state index in [1.54, 1.807) is 43.3 Å². The van der Waals surface area contributed by atoms with E-state index >= 15 is 0 Å². The molecule has 1 amide bonds. The van der Waals surface area contributed by atoms with E-state index in [0.717, 1.165) is 11.1 Å². The standard InChI is InChI=1S/C22H19Cl3N2O3S2/c1-14-5-6-15(23)11-21(14)27-32(29,30)17-9-7-16(8-10-17)26-22(28)13-31-12-18-19(24)3-2-4-20(18)25/h2-11,27H,12-13H2,1H3,(H,26,28). The summed E-state index contributed by atoms with van der Waals surface area (Å²) in [5.41, 5.74) is 2.43. The monoisotopic (exact) mass is 528 g/mol. The maximum atomic E-state index is 12.7. The zero-order valence-corrected chi connectivity index (χ0v) is 20.8. The molecule has 3 aromatic carbocycles. The summed E-state index contributed by atoms with van der Waals surface area (Å²) in [6.45, 7) is 1.78. The maximum absolute atomic E-state index is 12.7. The molecule has 0 aliphatic rings. The van der Waals surface area contributed by atoms with Crippen LogP contribution in [0.1, 0.15) is 11.1 Å². The summed E-state index contributed by atoms with van der Waals surface area (Å²) >= 11 is 19.6. The van der Waals surface area contributed by atoms with Crippen molar-refractivity contribution in [3.8, 4) is 0 Å². The Hall–Kier alpha value is -1.90. The SMILES string of the molecule is Cc1ccc(Cl)cc1NS(=O)(=O)c1ccc(NC(=O)CSCc2c(Cl)cccc2Cl)cc1. The van der Waals surface area contributed by atoms with Gasteiger partial charge in [0, 0.05) is 26.5 Å². The summed E-state index contributed by atoms with van der Waals surface area (Å²) in [4.78, 5) is 12.3. The normalized spacial score (nSPS) is 11.2. The molecule has 0 saturated carbocycles. The molecule has 0 aliphatic carbocycles. The van der Waals surface area contributed by atoms with E-state index in [1.807, 2.05) is 0 Å². The molecule has 168 valence electrons. The fourth-order valence-electron chi connectivity index (χ4n) is 2.74. The zero-order valence-electron chi connectivity index (χ0n) is 16.9. The van der Waals surface area contributed by atoms with Crippen LogP contribution in [-0.4, -0.2) is 20.1 Å². The van der Waals surface area contributed by atoms with Gasteiger partial charge in [0.1, 0.15) is 0 Å². The van der Waals surface area contributed by atoms with Gasteiger partial charge in [0.05, 0.1) is 16.3 Å². The van der Waals surface area contributed by atoms with E-state index in [1.165, 1.54) is 36.0 Å². The average Bonchev–Trinajstić information content (AvgIpc) is 2.73. The van der Waals surface area contributed by atoms with Crippen LogP contribution in [0.3, 0.4) is 0 Å². The molecular weight excluding hydrogens is 511 g/mol. The Morgan fingerprint density at radius 2 is 1.62 bits per heavy atom. The maximum Gasteiger partial charge on any atom is 0.261 e. The molecular formula is C22H19Cl3N2O3S2. The van der Waals surface area contributed by atoms with Crippen molar-refractivity contribution in [1.29, 1.82) is 0 Å². The molecule has 0 fully saturated rings. The van der Waals surface area contributed by atoms with Crippen molar-refractivity contribution in [2.24, 2.45) is 0 Å². The van der Waals surface area contributed by atoms with Crippen molar-refractivity contribution in [2.75, 3.05) is 15.8 Å². The van der Waals surface area contributed by atoms with Gasteiger partial charge >= 0.3 is 0 Å². The van der Waals surface area contributed by atoms with Crippen molar-refractivity contribution >= 4 is 73.9 Å². The number of rotatable bonds is 8. The summed E-state index contributed by atoms with van der Waals surface area (Å²) in [5.74, 6) is 0.469. The second-order valence-corrected chi connectivity index (χ2v) is 10.7. The minimum absolute atomic E-state index is 0.0672. The third-order valence-electron chi connectivity index (χ3n) is 4.43. The van der Waals surface area contributed by atoms with Crippen LogP contribution in [0.2, 0.25) is 15.1 Å². The van der Waals surface area contributed by atoms with Gasteiger partial charge in [0.2, 0.25) is 5.91 Å². The minimum Gasteiger partial charge on any atom is -0.325 e. The molecule has 0 aliphatic heterocycles. The summed E-state index contributed by atoms with van der Waals surface area (Å²) in [5, 5.41) is 4.29. The Morgan fingerprint density at radius 3 is 2.28 bits per heavy atom. The Kier molecular flexibility index (Phi) is 8.36. The molecule has 3 rings (SSSR count). The van der Waals surface area contributed by atoms with Crippen molar-refractivity contribution < 1.29 is 13.2 Å². The molecule has 0 spiro atoms. The number of hydrogen-bond acceptors (Lipinski definition) is 4. The highest BCUT2D eigenvalue weighted by molar-refractivity contribution is 7.99. The van der Waals surface area contributed by atoms with Crippen LogP contribution >= 0.6 is 46.6 Å². The molecule has 2 N–H and O–H groups in total. The van der Waals surface area contributed by atoms with Crippen LogP contribution in [0, 0.1) is 6.92 Å². The minimum atomic E-state index is -3.80. The summed E-state index contributed by atoms with van der Waals surface area (Å²) < 4.78 is 27.9. The van der Waals surface area contributed by atoms with E-state index in [9.17, 15) is 13.2 Å². The Bertz CT molecular complexity index is 1210.